The molecule has 1 aromatic heterocycles. The van der Waals surface area contributed by atoms with Gasteiger partial charge in [0.1, 0.15) is 6.07 Å². The van der Waals surface area contributed by atoms with Gasteiger partial charge in [0.2, 0.25) is 0 Å². The van der Waals surface area contributed by atoms with Gasteiger partial charge in [0, 0.05) is 16.6 Å². The van der Waals surface area contributed by atoms with E-state index in [0.717, 1.165) is 10.9 Å². The average Bonchev–Trinajstić information content (AvgIpc) is 2.80. The molecule has 0 aliphatic carbocycles. The van der Waals surface area contributed by atoms with E-state index in [0.29, 0.717) is 21.8 Å². The maximum atomic E-state index is 9.97. The molecule has 5 heteroatoms. The van der Waals surface area contributed by atoms with Gasteiger partial charge in [-0.2, -0.15) is 5.26 Å². The van der Waals surface area contributed by atoms with Crippen LogP contribution in [0.5, 0.6) is 5.88 Å². The summed E-state index contributed by atoms with van der Waals surface area (Å²) in [4.78, 5) is 7.14. The number of aromatic nitrogens is 1. The van der Waals surface area contributed by atoms with Gasteiger partial charge in [-0.1, -0.05) is 29.8 Å². The van der Waals surface area contributed by atoms with Crippen molar-refractivity contribution in [1.29, 1.82) is 5.26 Å². The van der Waals surface area contributed by atoms with Gasteiger partial charge < -0.3 is 10.1 Å². The van der Waals surface area contributed by atoms with Crippen molar-refractivity contribution in [2.75, 3.05) is 0 Å². The number of H-pyrrole nitrogens is 1. The lowest BCUT2D eigenvalue weighted by molar-refractivity contribution is 0.457. The summed E-state index contributed by atoms with van der Waals surface area (Å²) in [5, 5.41) is 20.4. The Morgan fingerprint density at radius 3 is 2.86 bits per heavy atom. The van der Waals surface area contributed by atoms with Crippen molar-refractivity contribution in [3.8, 4) is 11.9 Å². The topological polar surface area (TPSA) is 72.2 Å². The summed E-state index contributed by atoms with van der Waals surface area (Å²) in [6.07, 6.45) is 1.54. The van der Waals surface area contributed by atoms with Gasteiger partial charge in [0.05, 0.1) is 22.3 Å². The molecule has 0 atom stereocenters. The van der Waals surface area contributed by atoms with Crippen molar-refractivity contribution in [2.45, 2.75) is 0 Å². The lowest BCUT2D eigenvalue weighted by Gasteiger charge is -1.96. The molecule has 0 saturated heterocycles. The quantitative estimate of drug-likeness (QED) is 0.697. The van der Waals surface area contributed by atoms with E-state index >= 15 is 0 Å². The van der Waals surface area contributed by atoms with Gasteiger partial charge in [0.25, 0.3) is 0 Å². The molecule has 0 radical (unpaired) electrons. The first-order valence-electron chi connectivity index (χ1n) is 6.22. The first kappa shape index (κ1) is 13.2. The first-order chi connectivity index (χ1) is 10.2. The number of aliphatic imine (C=N–C) groups is 1. The van der Waals surface area contributed by atoms with E-state index < -0.39 is 0 Å². The van der Waals surface area contributed by atoms with Crippen molar-refractivity contribution in [3.05, 3.63) is 58.6 Å². The Kier molecular flexibility index (Phi) is 3.35. The van der Waals surface area contributed by atoms with Crippen LogP contribution in [0.4, 0.5) is 5.69 Å². The summed E-state index contributed by atoms with van der Waals surface area (Å²) in [5.74, 6) is 0.0189. The van der Waals surface area contributed by atoms with Crippen LogP contribution in [0.1, 0.15) is 11.1 Å². The molecular formula is C16H10ClN3O. The maximum Gasteiger partial charge on any atom is 0.198 e. The second kappa shape index (κ2) is 5.31. The molecule has 21 heavy (non-hydrogen) atoms. The average molecular weight is 296 g/mol. The normalized spacial score (nSPS) is 11.0. The molecule has 2 aromatic carbocycles. The molecule has 1 heterocycles. The second-order valence-electron chi connectivity index (χ2n) is 4.46. The number of nitrogens with one attached hydrogen (secondary N) is 1. The van der Waals surface area contributed by atoms with Crippen molar-refractivity contribution in [2.24, 2.45) is 4.99 Å². The lowest BCUT2D eigenvalue weighted by Crippen LogP contribution is -1.81. The molecule has 102 valence electrons. The molecule has 3 aromatic rings. The zero-order valence-electron chi connectivity index (χ0n) is 10.8. The first-order valence-corrected chi connectivity index (χ1v) is 6.60. The summed E-state index contributed by atoms with van der Waals surface area (Å²) in [6, 6.07) is 14.4. The third kappa shape index (κ3) is 2.47. The zero-order chi connectivity index (χ0) is 14.8. The fourth-order valence-electron chi connectivity index (χ4n) is 2.12. The number of aromatic amines is 1. The third-order valence-electron chi connectivity index (χ3n) is 3.14. The Morgan fingerprint density at radius 1 is 1.24 bits per heavy atom. The maximum absolute atomic E-state index is 9.97. The molecule has 0 saturated carbocycles. The van der Waals surface area contributed by atoms with Gasteiger partial charge >= 0.3 is 0 Å². The molecule has 0 aliphatic heterocycles. The Hall–Kier alpha value is -2.77. The number of hydrogen-bond donors (Lipinski definition) is 2. The van der Waals surface area contributed by atoms with Crippen molar-refractivity contribution in [3.63, 3.8) is 0 Å². The second-order valence-corrected chi connectivity index (χ2v) is 4.90. The molecule has 0 amide bonds. The molecular weight excluding hydrogens is 286 g/mol. The SMILES string of the molecule is N#Cc1ccccc1N=Cc1c(O)[nH]c2cc(Cl)ccc12. The van der Waals surface area contributed by atoms with Crippen molar-refractivity contribution in [1.82, 2.24) is 4.98 Å². The summed E-state index contributed by atoms with van der Waals surface area (Å²) >= 11 is 5.92. The molecule has 3 rings (SSSR count). The number of nitriles is 1. The smallest absolute Gasteiger partial charge is 0.198 e. The van der Waals surface area contributed by atoms with E-state index in [-0.39, 0.29) is 5.88 Å². The van der Waals surface area contributed by atoms with Crippen LogP contribution in [0.15, 0.2) is 47.5 Å². The van der Waals surface area contributed by atoms with Crippen LogP contribution in [0, 0.1) is 11.3 Å². The highest BCUT2D eigenvalue weighted by Crippen LogP contribution is 2.28. The van der Waals surface area contributed by atoms with Crippen LogP contribution in [-0.4, -0.2) is 16.3 Å². The molecule has 0 spiro atoms. The van der Waals surface area contributed by atoms with E-state index in [2.05, 4.69) is 16.0 Å². The van der Waals surface area contributed by atoms with Crippen LogP contribution < -0.4 is 0 Å². The lowest BCUT2D eigenvalue weighted by atomic mass is 10.1. The summed E-state index contributed by atoms with van der Waals surface area (Å²) in [7, 11) is 0. The monoisotopic (exact) mass is 295 g/mol. The van der Waals surface area contributed by atoms with E-state index in [9.17, 15) is 5.11 Å². The molecule has 2 N–H and O–H groups in total. The predicted octanol–water partition coefficient (Wildman–Crippen LogP) is 4.15. The number of nitrogens with zero attached hydrogens (tertiary/aromatic N) is 2. The molecule has 0 fully saturated rings. The van der Waals surface area contributed by atoms with E-state index in [1.165, 1.54) is 6.21 Å². The Labute approximate surface area is 125 Å². The van der Waals surface area contributed by atoms with E-state index in [1.54, 1.807) is 30.3 Å². The minimum absolute atomic E-state index is 0.0189. The largest absolute Gasteiger partial charge is 0.494 e. The number of benzene rings is 2. The van der Waals surface area contributed by atoms with Crippen LogP contribution >= 0.6 is 11.6 Å². The summed E-state index contributed by atoms with van der Waals surface area (Å²) in [6.45, 7) is 0. The van der Waals surface area contributed by atoms with Crippen molar-refractivity contribution < 1.29 is 5.11 Å². The van der Waals surface area contributed by atoms with Gasteiger partial charge in [0.15, 0.2) is 5.88 Å². The summed E-state index contributed by atoms with van der Waals surface area (Å²) in [5.41, 5.74) is 2.34. The predicted molar refractivity (Wildman–Crippen MR) is 83.4 cm³/mol. The number of hydrogen-bond acceptors (Lipinski definition) is 3. The number of aromatic hydroxyl groups is 1. The fourth-order valence-corrected chi connectivity index (χ4v) is 2.29. The van der Waals surface area contributed by atoms with Crippen LogP contribution in [0.2, 0.25) is 5.02 Å². The molecule has 0 unspecified atom stereocenters. The molecule has 0 aliphatic rings. The van der Waals surface area contributed by atoms with Gasteiger partial charge in [-0.15, -0.1) is 0 Å². The van der Waals surface area contributed by atoms with Crippen LogP contribution in [0.3, 0.4) is 0 Å². The minimum atomic E-state index is 0.0189. The van der Waals surface area contributed by atoms with Crippen LogP contribution in [-0.2, 0) is 0 Å². The third-order valence-corrected chi connectivity index (χ3v) is 3.37. The zero-order valence-corrected chi connectivity index (χ0v) is 11.6. The minimum Gasteiger partial charge on any atom is -0.494 e. The van der Waals surface area contributed by atoms with Gasteiger partial charge in [-0.05, 0) is 24.3 Å². The molecule has 0 bridgehead atoms. The number of rotatable bonds is 2. The highest BCUT2D eigenvalue weighted by Gasteiger charge is 2.09. The van der Waals surface area contributed by atoms with E-state index in [4.69, 9.17) is 16.9 Å². The number of para-hydroxylation sites is 1. The Morgan fingerprint density at radius 2 is 2.05 bits per heavy atom. The number of fused-ring (bicyclic) bond motifs is 1. The molecule has 4 nitrogen and oxygen atoms in total. The van der Waals surface area contributed by atoms with Crippen LogP contribution in [0.25, 0.3) is 10.9 Å². The standard InChI is InChI=1S/C16H10ClN3O/c17-11-5-6-12-13(16(21)20-15(12)7-11)9-19-14-4-2-1-3-10(14)8-18/h1-7,9,20-21H. The van der Waals surface area contributed by atoms with Gasteiger partial charge in [-0.25, -0.2) is 0 Å². The highest BCUT2D eigenvalue weighted by atomic mass is 35.5. The fraction of sp³-hybridized carbons (Fsp3) is 0. The highest BCUT2D eigenvalue weighted by molar-refractivity contribution is 6.31. The van der Waals surface area contributed by atoms with Crippen molar-refractivity contribution >= 4 is 34.4 Å². The summed E-state index contributed by atoms with van der Waals surface area (Å²) < 4.78 is 0. The van der Waals surface area contributed by atoms with Gasteiger partial charge in [-0.3, -0.25) is 4.99 Å². The Balaban J connectivity index is 2.08. The van der Waals surface area contributed by atoms with E-state index in [1.807, 2.05) is 12.1 Å². The Bertz CT molecular complexity index is 890. The number of halogens is 1.